The molecule has 1 atom stereocenters. The molecule has 15 heavy (non-hydrogen) atoms. The van der Waals surface area contributed by atoms with Crippen molar-refractivity contribution in [3.05, 3.63) is 46.5 Å². The molecule has 0 heterocycles. The Morgan fingerprint density at radius 2 is 2.07 bits per heavy atom. The minimum Gasteiger partial charge on any atom is -0.324 e. The van der Waals surface area contributed by atoms with Gasteiger partial charge in [0.15, 0.2) is 0 Å². The predicted octanol–water partition coefficient (Wildman–Crippen LogP) is 4.38. The van der Waals surface area contributed by atoms with Gasteiger partial charge < -0.3 is 5.73 Å². The fourth-order valence-corrected chi connectivity index (χ4v) is 1.71. The molecule has 4 heteroatoms. The highest BCUT2D eigenvalue weighted by Gasteiger charge is 2.10. The third-order valence-electron chi connectivity index (χ3n) is 2.06. The maximum Gasteiger partial charge on any atom is 0.0640 e. The van der Waals surface area contributed by atoms with Crippen molar-refractivity contribution in [2.24, 2.45) is 5.73 Å². The summed E-state index contributed by atoms with van der Waals surface area (Å²) in [4.78, 5) is 0. The Kier molecular flexibility index (Phi) is 7.03. The molecule has 0 aromatic heterocycles. The number of benzene rings is 1. The van der Waals surface area contributed by atoms with Gasteiger partial charge in [0.2, 0.25) is 0 Å². The molecule has 1 aromatic rings. The van der Waals surface area contributed by atoms with Crippen molar-refractivity contribution in [1.29, 1.82) is 0 Å². The van der Waals surface area contributed by atoms with Gasteiger partial charge in [0, 0.05) is 6.04 Å². The molecule has 0 radical (unpaired) electrons. The van der Waals surface area contributed by atoms with Gasteiger partial charge in [-0.05, 0) is 24.5 Å². The molecular weight excluding hydrogens is 252 g/mol. The number of nitrogens with two attached hydrogens (primary N) is 1. The molecule has 0 spiro atoms. The molecule has 1 nitrogen and oxygen atoms in total. The second-order valence-corrected chi connectivity index (χ2v) is 3.90. The zero-order valence-electron chi connectivity index (χ0n) is 8.25. The molecule has 0 amide bonds. The maximum absolute atomic E-state index is 6.03. The molecule has 0 saturated heterocycles. The third kappa shape index (κ3) is 4.04. The van der Waals surface area contributed by atoms with E-state index in [-0.39, 0.29) is 18.4 Å². The van der Waals surface area contributed by atoms with Crippen LogP contribution >= 0.6 is 35.6 Å². The van der Waals surface area contributed by atoms with Crippen LogP contribution in [0.1, 0.15) is 24.4 Å². The van der Waals surface area contributed by atoms with Crippen LogP contribution in [-0.4, -0.2) is 0 Å². The lowest BCUT2D eigenvalue weighted by Gasteiger charge is -2.13. The highest BCUT2D eigenvalue weighted by molar-refractivity contribution is 6.42. The fraction of sp³-hybridized carbons (Fsp3) is 0.273. The van der Waals surface area contributed by atoms with Crippen LogP contribution in [0.5, 0.6) is 0 Å². The van der Waals surface area contributed by atoms with E-state index < -0.39 is 0 Å². The number of hydrogen-bond donors (Lipinski definition) is 1. The molecule has 0 unspecified atom stereocenters. The van der Waals surface area contributed by atoms with E-state index in [9.17, 15) is 0 Å². The normalized spacial score (nSPS) is 11.7. The van der Waals surface area contributed by atoms with Crippen LogP contribution < -0.4 is 5.73 Å². The Bertz CT molecular complexity index is 326. The molecule has 2 N–H and O–H groups in total. The Labute approximate surface area is 107 Å². The van der Waals surface area contributed by atoms with Gasteiger partial charge in [-0.3, -0.25) is 0 Å². The van der Waals surface area contributed by atoms with Gasteiger partial charge in [-0.25, -0.2) is 0 Å². The Morgan fingerprint density at radius 1 is 1.40 bits per heavy atom. The molecule has 0 bridgehead atoms. The summed E-state index contributed by atoms with van der Waals surface area (Å²) in [5.74, 6) is 0. The van der Waals surface area contributed by atoms with Gasteiger partial charge in [0.25, 0.3) is 0 Å². The molecule has 0 aliphatic heterocycles. The van der Waals surface area contributed by atoms with Crippen LogP contribution in [0.2, 0.25) is 10.0 Å². The monoisotopic (exact) mass is 265 g/mol. The minimum atomic E-state index is -0.0702. The first-order valence-electron chi connectivity index (χ1n) is 4.47. The van der Waals surface area contributed by atoms with Crippen molar-refractivity contribution >= 4 is 35.6 Å². The Hall–Kier alpha value is -0.210. The highest BCUT2D eigenvalue weighted by atomic mass is 35.5. The van der Waals surface area contributed by atoms with E-state index >= 15 is 0 Å². The molecule has 84 valence electrons. The van der Waals surface area contributed by atoms with Crippen LogP contribution in [0.15, 0.2) is 30.9 Å². The Morgan fingerprint density at radius 3 is 2.67 bits per heavy atom. The summed E-state index contributed by atoms with van der Waals surface area (Å²) in [7, 11) is 0. The van der Waals surface area contributed by atoms with E-state index in [0.29, 0.717) is 10.0 Å². The number of allylic oxidation sites excluding steroid dienone is 1. The summed E-state index contributed by atoms with van der Waals surface area (Å²) in [6, 6.07) is 5.45. The lowest BCUT2D eigenvalue weighted by molar-refractivity contribution is 0.662. The minimum absolute atomic E-state index is 0. The quantitative estimate of drug-likeness (QED) is 0.804. The predicted molar refractivity (Wildman–Crippen MR) is 70.1 cm³/mol. The number of halogens is 3. The number of rotatable bonds is 4. The highest BCUT2D eigenvalue weighted by Crippen LogP contribution is 2.30. The number of hydrogen-bond acceptors (Lipinski definition) is 1. The van der Waals surface area contributed by atoms with Crippen molar-refractivity contribution in [2.45, 2.75) is 18.9 Å². The molecule has 0 aliphatic rings. The average molecular weight is 267 g/mol. The van der Waals surface area contributed by atoms with Crippen molar-refractivity contribution in [1.82, 2.24) is 0 Å². The first-order valence-corrected chi connectivity index (χ1v) is 5.22. The zero-order chi connectivity index (χ0) is 10.6. The van der Waals surface area contributed by atoms with Gasteiger partial charge >= 0.3 is 0 Å². The van der Waals surface area contributed by atoms with E-state index in [1.807, 2.05) is 18.2 Å². The maximum atomic E-state index is 6.03. The SMILES string of the molecule is C=CCC[C@@H](N)c1cccc(Cl)c1Cl.Cl. The second kappa shape index (κ2) is 7.13. The summed E-state index contributed by atoms with van der Waals surface area (Å²) in [5.41, 5.74) is 6.86. The largest absolute Gasteiger partial charge is 0.324 e. The van der Waals surface area contributed by atoms with Crippen LogP contribution in [0.3, 0.4) is 0 Å². The molecule has 1 rings (SSSR count). The smallest absolute Gasteiger partial charge is 0.0640 e. The molecular formula is C11H14Cl3N. The van der Waals surface area contributed by atoms with Crippen LogP contribution in [-0.2, 0) is 0 Å². The Balaban J connectivity index is 0.00000196. The average Bonchev–Trinajstić information content (AvgIpc) is 2.18. The van der Waals surface area contributed by atoms with Gasteiger partial charge in [0.05, 0.1) is 10.0 Å². The van der Waals surface area contributed by atoms with Gasteiger partial charge in [-0.1, -0.05) is 41.4 Å². The van der Waals surface area contributed by atoms with E-state index in [4.69, 9.17) is 28.9 Å². The molecule has 0 fully saturated rings. The lowest BCUT2D eigenvalue weighted by atomic mass is 10.0. The van der Waals surface area contributed by atoms with Crippen molar-refractivity contribution in [3.8, 4) is 0 Å². The summed E-state index contributed by atoms with van der Waals surface area (Å²) in [6.45, 7) is 3.65. The zero-order valence-corrected chi connectivity index (χ0v) is 10.6. The standard InChI is InChI=1S/C11H13Cl2N.ClH/c1-2-3-7-10(14)8-5-4-6-9(12)11(8)13;/h2,4-6,10H,1,3,7,14H2;1H/t10-;/m1./s1. The molecule has 0 aliphatic carbocycles. The van der Waals surface area contributed by atoms with Crippen LogP contribution in [0.4, 0.5) is 0 Å². The molecule has 1 aromatic carbocycles. The fourth-order valence-electron chi connectivity index (χ4n) is 1.26. The topological polar surface area (TPSA) is 26.0 Å². The first-order chi connectivity index (χ1) is 6.66. The van der Waals surface area contributed by atoms with Crippen LogP contribution in [0, 0.1) is 0 Å². The third-order valence-corrected chi connectivity index (χ3v) is 2.90. The van der Waals surface area contributed by atoms with Crippen molar-refractivity contribution < 1.29 is 0 Å². The lowest BCUT2D eigenvalue weighted by Crippen LogP contribution is -2.10. The van der Waals surface area contributed by atoms with Crippen molar-refractivity contribution in [3.63, 3.8) is 0 Å². The summed E-state index contributed by atoms with van der Waals surface area (Å²) < 4.78 is 0. The van der Waals surface area contributed by atoms with Crippen molar-refractivity contribution in [2.75, 3.05) is 0 Å². The summed E-state index contributed by atoms with van der Waals surface area (Å²) >= 11 is 11.9. The van der Waals surface area contributed by atoms with Crippen LogP contribution in [0.25, 0.3) is 0 Å². The summed E-state index contributed by atoms with van der Waals surface area (Å²) in [6.07, 6.45) is 3.56. The van der Waals surface area contributed by atoms with E-state index in [2.05, 4.69) is 6.58 Å². The van der Waals surface area contributed by atoms with E-state index in [1.54, 1.807) is 6.07 Å². The van der Waals surface area contributed by atoms with Gasteiger partial charge in [-0.2, -0.15) is 0 Å². The summed E-state index contributed by atoms with van der Waals surface area (Å²) in [5, 5.41) is 1.11. The first kappa shape index (κ1) is 14.8. The van der Waals surface area contributed by atoms with E-state index in [1.165, 1.54) is 0 Å². The van der Waals surface area contributed by atoms with Gasteiger partial charge in [-0.15, -0.1) is 19.0 Å². The van der Waals surface area contributed by atoms with E-state index in [0.717, 1.165) is 18.4 Å². The molecule has 0 saturated carbocycles. The van der Waals surface area contributed by atoms with Gasteiger partial charge in [0.1, 0.15) is 0 Å². The second-order valence-electron chi connectivity index (χ2n) is 3.12.